The van der Waals surface area contributed by atoms with Gasteiger partial charge in [0.2, 0.25) is 5.91 Å². The van der Waals surface area contributed by atoms with Crippen molar-refractivity contribution in [3.63, 3.8) is 0 Å². The van der Waals surface area contributed by atoms with Crippen LogP contribution in [0.3, 0.4) is 0 Å². The second kappa shape index (κ2) is 8.15. The number of carbonyl (C=O) groups is 1. The van der Waals surface area contributed by atoms with Crippen molar-refractivity contribution >= 4 is 5.91 Å². The lowest BCUT2D eigenvalue weighted by molar-refractivity contribution is -0.121. The average Bonchev–Trinajstić information content (AvgIpc) is 3.29. The Hall–Kier alpha value is -2.82. The highest BCUT2D eigenvalue weighted by Crippen LogP contribution is 2.24. The Balaban J connectivity index is 1.56. The summed E-state index contributed by atoms with van der Waals surface area (Å²) in [5, 5.41) is 9.65. The molecule has 2 aromatic heterocycles. The number of furan rings is 1. The van der Waals surface area contributed by atoms with Crippen LogP contribution in [-0.2, 0) is 17.6 Å². The van der Waals surface area contributed by atoms with Crippen LogP contribution < -0.4 is 5.32 Å². The summed E-state index contributed by atoms with van der Waals surface area (Å²) >= 11 is 0. The lowest BCUT2D eigenvalue weighted by Gasteiger charge is -2.14. The molecule has 124 valence electrons. The smallest absolute Gasteiger partial charge is 0.220 e. The molecule has 1 aromatic carbocycles. The van der Waals surface area contributed by atoms with Crippen LogP contribution in [0.25, 0.3) is 0 Å². The van der Waals surface area contributed by atoms with Gasteiger partial charge < -0.3 is 9.73 Å². The van der Waals surface area contributed by atoms with E-state index in [1.165, 1.54) is 5.56 Å². The van der Waals surface area contributed by atoms with Gasteiger partial charge in [-0.2, -0.15) is 5.10 Å². The van der Waals surface area contributed by atoms with Gasteiger partial charge in [-0.15, -0.1) is 0 Å². The zero-order valence-electron chi connectivity index (χ0n) is 13.4. The highest BCUT2D eigenvalue weighted by atomic mass is 16.3. The summed E-state index contributed by atoms with van der Waals surface area (Å²) in [5.41, 5.74) is 2.28. The molecule has 5 heteroatoms. The molecule has 24 heavy (non-hydrogen) atoms. The Morgan fingerprint density at radius 2 is 2.04 bits per heavy atom. The first-order valence-corrected chi connectivity index (χ1v) is 8.13. The van der Waals surface area contributed by atoms with Gasteiger partial charge in [-0.1, -0.05) is 30.3 Å². The van der Waals surface area contributed by atoms with Gasteiger partial charge in [-0.05, 0) is 36.1 Å². The lowest BCUT2D eigenvalue weighted by atomic mass is 9.93. The van der Waals surface area contributed by atoms with Crippen molar-refractivity contribution in [3.8, 4) is 0 Å². The average molecular weight is 323 g/mol. The maximum Gasteiger partial charge on any atom is 0.220 e. The SMILES string of the molecule is O=C(CC(Cc1ccccc1)c1ccco1)NCCc1cn[nH]c1. The topological polar surface area (TPSA) is 70.9 Å². The molecule has 0 aliphatic heterocycles. The standard InChI is InChI=1S/C19H21N3O2/c23-19(20-9-8-16-13-21-22-14-16)12-17(18-7-4-10-24-18)11-15-5-2-1-3-6-15/h1-7,10,13-14,17H,8-9,11-12H2,(H,20,23)(H,21,22). The van der Waals surface area contributed by atoms with Gasteiger partial charge in [0.05, 0.1) is 12.5 Å². The van der Waals surface area contributed by atoms with Gasteiger partial charge >= 0.3 is 0 Å². The molecule has 0 aliphatic rings. The number of hydrogen-bond acceptors (Lipinski definition) is 3. The highest BCUT2D eigenvalue weighted by Gasteiger charge is 2.19. The molecule has 0 radical (unpaired) electrons. The summed E-state index contributed by atoms with van der Waals surface area (Å²) in [6.45, 7) is 0.606. The van der Waals surface area contributed by atoms with Crippen molar-refractivity contribution in [2.75, 3.05) is 6.54 Å². The van der Waals surface area contributed by atoms with Gasteiger partial charge in [0.25, 0.3) is 0 Å². The molecule has 1 amide bonds. The number of aromatic nitrogens is 2. The third kappa shape index (κ3) is 4.59. The second-order valence-corrected chi connectivity index (χ2v) is 5.81. The molecule has 1 atom stereocenters. The molecule has 0 fully saturated rings. The van der Waals surface area contributed by atoms with E-state index in [0.717, 1.165) is 24.2 Å². The fraction of sp³-hybridized carbons (Fsp3) is 0.263. The molecular formula is C19H21N3O2. The van der Waals surface area contributed by atoms with Crippen LogP contribution in [0.15, 0.2) is 65.5 Å². The Morgan fingerprint density at radius 3 is 2.75 bits per heavy atom. The predicted octanol–water partition coefficient (Wildman–Crippen LogP) is 3.08. The first-order valence-electron chi connectivity index (χ1n) is 8.13. The first kappa shape index (κ1) is 16.1. The third-order valence-corrected chi connectivity index (χ3v) is 3.99. The minimum absolute atomic E-state index is 0.0378. The van der Waals surface area contributed by atoms with Crippen molar-refractivity contribution in [2.45, 2.75) is 25.2 Å². The Morgan fingerprint density at radius 1 is 1.17 bits per heavy atom. The summed E-state index contributed by atoms with van der Waals surface area (Å²) < 4.78 is 5.54. The summed E-state index contributed by atoms with van der Waals surface area (Å²) in [7, 11) is 0. The summed E-state index contributed by atoms with van der Waals surface area (Å²) in [5.74, 6) is 0.927. The number of nitrogens with one attached hydrogen (secondary N) is 2. The van der Waals surface area contributed by atoms with E-state index < -0.39 is 0 Å². The van der Waals surface area contributed by atoms with Crippen LogP contribution in [-0.4, -0.2) is 22.6 Å². The predicted molar refractivity (Wildman–Crippen MR) is 91.5 cm³/mol. The van der Waals surface area contributed by atoms with E-state index >= 15 is 0 Å². The fourth-order valence-corrected chi connectivity index (χ4v) is 2.75. The maximum atomic E-state index is 12.3. The molecular weight excluding hydrogens is 302 g/mol. The maximum absolute atomic E-state index is 12.3. The molecule has 2 N–H and O–H groups in total. The zero-order chi connectivity index (χ0) is 16.6. The molecule has 5 nitrogen and oxygen atoms in total. The van der Waals surface area contributed by atoms with Gasteiger partial charge in [-0.25, -0.2) is 0 Å². The Bertz CT molecular complexity index is 721. The minimum Gasteiger partial charge on any atom is -0.469 e. The van der Waals surface area contributed by atoms with Crippen LogP contribution in [0.4, 0.5) is 0 Å². The number of H-pyrrole nitrogens is 1. The number of hydrogen-bond donors (Lipinski definition) is 2. The molecule has 3 aromatic rings. The first-order chi connectivity index (χ1) is 11.8. The van der Waals surface area contributed by atoms with E-state index in [9.17, 15) is 4.79 Å². The van der Waals surface area contributed by atoms with E-state index in [1.807, 2.05) is 36.5 Å². The van der Waals surface area contributed by atoms with Crippen LogP contribution >= 0.6 is 0 Å². The van der Waals surface area contributed by atoms with Crippen LogP contribution in [0.2, 0.25) is 0 Å². The monoisotopic (exact) mass is 323 g/mol. The summed E-state index contributed by atoms with van der Waals surface area (Å²) in [4.78, 5) is 12.3. The molecule has 1 unspecified atom stereocenters. The summed E-state index contributed by atoms with van der Waals surface area (Å²) in [6, 6.07) is 14.0. The van der Waals surface area contributed by atoms with Crippen LogP contribution in [0, 0.1) is 0 Å². The molecule has 0 bridgehead atoms. The normalized spacial score (nSPS) is 12.0. The zero-order valence-corrected chi connectivity index (χ0v) is 13.4. The van der Waals surface area contributed by atoms with Gasteiger partial charge in [0.15, 0.2) is 0 Å². The Labute approximate surface area is 141 Å². The van der Waals surface area contributed by atoms with Gasteiger partial charge in [0, 0.05) is 25.1 Å². The number of nitrogens with zero attached hydrogens (tertiary/aromatic N) is 1. The molecule has 2 heterocycles. The number of amides is 1. The van der Waals surface area contributed by atoms with E-state index in [2.05, 4.69) is 27.6 Å². The van der Waals surface area contributed by atoms with Crippen LogP contribution in [0.1, 0.15) is 29.2 Å². The second-order valence-electron chi connectivity index (χ2n) is 5.81. The van der Waals surface area contributed by atoms with E-state index in [0.29, 0.717) is 13.0 Å². The molecule has 0 aliphatic carbocycles. The molecule has 0 saturated heterocycles. The number of aromatic amines is 1. The van der Waals surface area contributed by atoms with E-state index in [1.54, 1.807) is 12.5 Å². The third-order valence-electron chi connectivity index (χ3n) is 3.99. The van der Waals surface area contributed by atoms with E-state index in [4.69, 9.17) is 4.42 Å². The number of benzene rings is 1. The molecule has 0 saturated carbocycles. The van der Waals surface area contributed by atoms with Crippen molar-refractivity contribution in [1.82, 2.24) is 15.5 Å². The number of carbonyl (C=O) groups excluding carboxylic acids is 1. The lowest BCUT2D eigenvalue weighted by Crippen LogP contribution is -2.27. The van der Waals surface area contributed by atoms with Crippen LogP contribution in [0.5, 0.6) is 0 Å². The van der Waals surface area contributed by atoms with E-state index in [-0.39, 0.29) is 11.8 Å². The summed E-state index contributed by atoms with van der Waals surface area (Å²) in [6.07, 6.45) is 7.23. The molecule has 3 rings (SSSR count). The van der Waals surface area contributed by atoms with Crippen molar-refractivity contribution in [3.05, 3.63) is 78.0 Å². The van der Waals surface area contributed by atoms with Gasteiger partial charge in [0.1, 0.15) is 5.76 Å². The van der Waals surface area contributed by atoms with Crippen molar-refractivity contribution in [1.29, 1.82) is 0 Å². The number of rotatable bonds is 8. The van der Waals surface area contributed by atoms with Crippen molar-refractivity contribution in [2.24, 2.45) is 0 Å². The quantitative estimate of drug-likeness (QED) is 0.669. The van der Waals surface area contributed by atoms with Crippen molar-refractivity contribution < 1.29 is 9.21 Å². The minimum atomic E-state index is 0.0378. The highest BCUT2D eigenvalue weighted by molar-refractivity contribution is 5.76. The fourth-order valence-electron chi connectivity index (χ4n) is 2.75. The Kier molecular flexibility index (Phi) is 5.45. The largest absolute Gasteiger partial charge is 0.469 e. The van der Waals surface area contributed by atoms with Gasteiger partial charge in [-0.3, -0.25) is 9.89 Å². The molecule has 0 spiro atoms.